The van der Waals surface area contributed by atoms with E-state index in [1.807, 2.05) is 39.0 Å². The van der Waals surface area contributed by atoms with Crippen LogP contribution in [0.3, 0.4) is 0 Å². The monoisotopic (exact) mass is 379 g/mol. The number of aliphatic hydroxyl groups excluding tert-OH is 1. The molecule has 0 amide bonds. The van der Waals surface area contributed by atoms with Crippen molar-refractivity contribution in [2.45, 2.75) is 32.5 Å². The molecule has 3 nitrogen and oxygen atoms in total. The van der Waals surface area contributed by atoms with E-state index in [0.717, 1.165) is 14.6 Å². The van der Waals surface area contributed by atoms with Crippen LogP contribution in [0.1, 0.15) is 20.8 Å². The summed E-state index contributed by atoms with van der Waals surface area (Å²) in [4.78, 5) is 0. The zero-order chi connectivity index (χ0) is 13.8. The second-order valence-corrected chi connectivity index (χ2v) is 6.85. The van der Waals surface area contributed by atoms with Crippen molar-refractivity contribution in [2.75, 3.05) is 18.5 Å². The van der Waals surface area contributed by atoms with Gasteiger partial charge in [0.25, 0.3) is 0 Å². The highest BCUT2D eigenvalue weighted by Crippen LogP contribution is 2.26. The van der Waals surface area contributed by atoms with Crippen molar-refractivity contribution in [1.82, 2.24) is 0 Å². The van der Waals surface area contributed by atoms with Crippen LogP contribution in [0.5, 0.6) is 0 Å². The summed E-state index contributed by atoms with van der Waals surface area (Å²) in [5, 5.41) is 13.0. The molecule has 0 aliphatic heterocycles. The first-order valence-corrected chi connectivity index (χ1v) is 7.37. The lowest BCUT2D eigenvalue weighted by molar-refractivity contribution is -0.0449. The van der Waals surface area contributed by atoms with Crippen molar-refractivity contribution in [3.63, 3.8) is 0 Å². The highest BCUT2D eigenvalue weighted by atomic mass is 79.9. The lowest BCUT2D eigenvalue weighted by Gasteiger charge is -2.22. The van der Waals surface area contributed by atoms with Crippen LogP contribution in [-0.4, -0.2) is 30.0 Å². The van der Waals surface area contributed by atoms with Gasteiger partial charge in [0, 0.05) is 21.2 Å². The first kappa shape index (κ1) is 16.0. The molecular weight excluding hydrogens is 362 g/mol. The molecule has 0 saturated carbocycles. The fourth-order valence-corrected chi connectivity index (χ4v) is 2.45. The lowest BCUT2D eigenvalue weighted by Crippen LogP contribution is -2.30. The van der Waals surface area contributed by atoms with E-state index in [1.54, 1.807) is 0 Å². The van der Waals surface area contributed by atoms with Gasteiger partial charge in [-0.2, -0.15) is 0 Å². The fraction of sp³-hybridized carbons (Fsp3) is 0.538. The average Bonchev–Trinajstić information content (AvgIpc) is 2.24. The van der Waals surface area contributed by atoms with Gasteiger partial charge < -0.3 is 15.2 Å². The molecule has 1 unspecified atom stereocenters. The molecule has 0 heterocycles. The van der Waals surface area contributed by atoms with E-state index in [2.05, 4.69) is 37.2 Å². The number of aliphatic hydroxyl groups is 1. The van der Waals surface area contributed by atoms with Crippen LogP contribution in [0.15, 0.2) is 27.1 Å². The Morgan fingerprint density at radius 3 is 2.56 bits per heavy atom. The van der Waals surface area contributed by atoms with E-state index in [1.165, 1.54) is 0 Å². The van der Waals surface area contributed by atoms with E-state index in [9.17, 15) is 5.11 Å². The third kappa shape index (κ3) is 6.18. The number of hydrogen-bond acceptors (Lipinski definition) is 3. The van der Waals surface area contributed by atoms with Crippen molar-refractivity contribution < 1.29 is 9.84 Å². The molecule has 0 spiro atoms. The van der Waals surface area contributed by atoms with Crippen LogP contribution < -0.4 is 5.32 Å². The minimum atomic E-state index is -0.528. The third-order valence-electron chi connectivity index (χ3n) is 2.17. The van der Waals surface area contributed by atoms with Crippen molar-refractivity contribution in [3.8, 4) is 0 Å². The number of nitrogens with one attached hydrogen (secondary N) is 1. The Morgan fingerprint density at radius 2 is 2.00 bits per heavy atom. The van der Waals surface area contributed by atoms with E-state index in [4.69, 9.17) is 4.74 Å². The summed E-state index contributed by atoms with van der Waals surface area (Å²) in [7, 11) is 0. The van der Waals surface area contributed by atoms with E-state index >= 15 is 0 Å². The van der Waals surface area contributed by atoms with Crippen LogP contribution in [0.4, 0.5) is 5.69 Å². The molecule has 0 fully saturated rings. The molecule has 2 N–H and O–H groups in total. The van der Waals surface area contributed by atoms with Gasteiger partial charge in [-0.15, -0.1) is 0 Å². The summed E-state index contributed by atoms with van der Waals surface area (Å²) >= 11 is 6.86. The molecule has 0 aromatic heterocycles. The minimum Gasteiger partial charge on any atom is -0.389 e. The zero-order valence-corrected chi connectivity index (χ0v) is 14.0. The normalized spacial score (nSPS) is 13.4. The highest BCUT2D eigenvalue weighted by molar-refractivity contribution is 9.11. The third-order valence-corrected chi connectivity index (χ3v) is 3.32. The molecule has 18 heavy (non-hydrogen) atoms. The second kappa shape index (κ2) is 6.89. The van der Waals surface area contributed by atoms with Crippen LogP contribution in [0.25, 0.3) is 0 Å². The smallest absolute Gasteiger partial charge is 0.0945 e. The second-order valence-electron chi connectivity index (χ2n) is 5.08. The Morgan fingerprint density at radius 1 is 1.33 bits per heavy atom. The Bertz CT molecular complexity index is 391. The topological polar surface area (TPSA) is 41.5 Å². The standard InChI is InChI=1S/C13H19Br2NO2/c1-13(2,3)18-8-10(17)7-16-12-5-4-9(14)6-11(12)15/h4-6,10,16-17H,7-8H2,1-3H3. The number of hydrogen-bond donors (Lipinski definition) is 2. The Balaban J connectivity index is 2.40. The van der Waals surface area contributed by atoms with Crippen molar-refractivity contribution in [2.24, 2.45) is 0 Å². The summed E-state index contributed by atoms with van der Waals surface area (Å²) < 4.78 is 7.49. The number of rotatable bonds is 5. The maximum absolute atomic E-state index is 9.81. The number of anilines is 1. The SMILES string of the molecule is CC(C)(C)OCC(O)CNc1ccc(Br)cc1Br. The zero-order valence-electron chi connectivity index (χ0n) is 10.8. The largest absolute Gasteiger partial charge is 0.389 e. The van der Waals surface area contributed by atoms with Crippen LogP contribution in [0.2, 0.25) is 0 Å². The molecule has 1 rings (SSSR count). The first-order chi connectivity index (χ1) is 8.28. The van der Waals surface area contributed by atoms with Crippen molar-refractivity contribution in [1.29, 1.82) is 0 Å². The molecule has 0 radical (unpaired) electrons. The maximum atomic E-state index is 9.81. The summed E-state index contributed by atoms with van der Waals surface area (Å²) in [6.07, 6.45) is -0.528. The summed E-state index contributed by atoms with van der Waals surface area (Å²) in [6.45, 7) is 6.69. The number of benzene rings is 1. The molecule has 102 valence electrons. The van der Waals surface area contributed by atoms with Gasteiger partial charge in [0.05, 0.1) is 18.3 Å². The van der Waals surface area contributed by atoms with Crippen LogP contribution >= 0.6 is 31.9 Å². The number of halogens is 2. The molecule has 0 aliphatic rings. The quantitative estimate of drug-likeness (QED) is 0.816. The summed E-state index contributed by atoms with van der Waals surface area (Å²) in [5.74, 6) is 0. The van der Waals surface area contributed by atoms with Gasteiger partial charge in [-0.1, -0.05) is 15.9 Å². The van der Waals surface area contributed by atoms with Gasteiger partial charge >= 0.3 is 0 Å². The van der Waals surface area contributed by atoms with Crippen LogP contribution in [-0.2, 0) is 4.74 Å². The van der Waals surface area contributed by atoms with Gasteiger partial charge in [0.1, 0.15) is 0 Å². The predicted octanol–water partition coefficient (Wildman–Crippen LogP) is 3.80. The van der Waals surface area contributed by atoms with E-state index in [0.29, 0.717) is 13.2 Å². The molecular formula is C13H19Br2NO2. The lowest BCUT2D eigenvalue weighted by atomic mass is 10.2. The minimum absolute atomic E-state index is 0.223. The molecule has 5 heteroatoms. The summed E-state index contributed by atoms with van der Waals surface area (Å²) in [5.41, 5.74) is 0.729. The number of ether oxygens (including phenoxy) is 1. The maximum Gasteiger partial charge on any atom is 0.0945 e. The van der Waals surface area contributed by atoms with Crippen molar-refractivity contribution >= 4 is 37.5 Å². The van der Waals surface area contributed by atoms with Gasteiger partial charge in [-0.05, 0) is 54.9 Å². The predicted molar refractivity (Wildman–Crippen MR) is 82.0 cm³/mol. The summed E-state index contributed by atoms with van der Waals surface area (Å²) in [6, 6.07) is 5.86. The first-order valence-electron chi connectivity index (χ1n) is 5.79. The van der Waals surface area contributed by atoms with Crippen LogP contribution in [0, 0.1) is 0 Å². The Hall–Kier alpha value is -0.100. The molecule has 1 atom stereocenters. The fourth-order valence-electron chi connectivity index (χ4n) is 1.27. The van der Waals surface area contributed by atoms with Gasteiger partial charge in [0.2, 0.25) is 0 Å². The average molecular weight is 381 g/mol. The molecule has 0 bridgehead atoms. The molecule has 1 aromatic carbocycles. The molecule has 1 aromatic rings. The van der Waals surface area contributed by atoms with Gasteiger partial charge in [-0.3, -0.25) is 0 Å². The Kier molecular flexibility index (Phi) is 6.11. The molecule has 0 aliphatic carbocycles. The molecule has 0 saturated heterocycles. The Labute approximate surface area is 125 Å². The highest BCUT2D eigenvalue weighted by Gasteiger charge is 2.13. The van der Waals surface area contributed by atoms with E-state index in [-0.39, 0.29) is 5.60 Å². The van der Waals surface area contributed by atoms with Gasteiger partial charge in [-0.25, -0.2) is 0 Å². The van der Waals surface area contributed by atoms with Gasteiger partial charge in [0.15, 0.2) is 0 Å². The van der Waals surface area contributed by atoms with E-state index < -0.39 is 6.10 Å². The van der Waals surface area contributed by atoms with Crippen molar-refractivity contribution in [3.05, 3.63) is 27.1 Å².